The van der Waals surface area contributed by atoms with Crippen molar-refractivity contribution in [1.82, 2.24) is 14.3 Å². The summed E-state index contributed by atoms with van der Waals surface area (Å²) < 4.78 is 29.8. The number of pyridine rings is 1. The van der Waals surface area contributed by atoms with Gasteiger partial charge in [-0.15, -0.1) is 0 Å². The van der Waals surface area contributed by atoms with Crippen molar-refractivity contribution >= 4 is 27.4 Å². The lowest BCUT2D eigenvalue weighted by molar-refractivity contribution is -0.134. The lowest BCUT2D eigenvalue weighted by Crippen LogP contribution is -2.40. The van der Waals surface area contributed by atoms with Gasteiger partial charge in [0.1, 0.15) is 5.65 Å². The van der Waals surface area contributed by atoms with Crippen LogP contribution in [-0.4, -0.2) is 65.8 Å². The highest BCUT2D eigenvalue weighted by atomic mass is 32.2. The molecule has 0 bridgehead atoms. The van der Waals surface area contributed by atoms with E-state index in [0.29, 0.717) is 12.1 Å². The molecule has 3 heterocycles. The number of aryl methyl sites for hydroxylation is 1. The van der Waals surface area contributed by atoms with E-state index >= 15 is 0 Å². The van der Waals surface area contributed by atoms with Gasteiger partial charge in [-0.2, -0.15) is 0 Å². The van der Waals surface area contributed by atoms with Gasteiger partial charge in [0.2, 0.25) is 0 Å². The van der Waals surface area contributed by atoms with E-state index < -0.39 is 28.3 Å². The predicted octanol–water partition coefficient (Wildman–Crippen LogP) is 0.445. The van der Waals surface area contributed by atoms with Crippen molar-refractivity contribution in [3.8, 4) is 0 Å². The largest absolute Gasteiger partial charge is 0.451 e. The molecule has 1 unspecified atom stereocenters. The molecular weight excluding hydrogens is 346 g/mol. The van der Waals surface area contributed by atoms with Crippen LogP contribution < -0.4 is 0 Å². The van der Waals surface area contributed by atoms with Crippen molar-refractivity contribution < 1.29 is 22.7 Å². The third-order valence-electron chi connectivity index (χ3n) is 4.38. The van der Waals surface area contributed by atoms with E-state index in [9.17, 15) is 18.0 Å². The third kappa shape index (κ3) is 3.65. The van der Waals surface area contributed by atoms with Crippen molar-refractivity contribution in [2.45, 2.75) is 19.4 Å². The molecule has 134 valence electrons. The minimum atomic E-state index is -3.08. The van der Waals surface area contributed by atoms with Gasteiger partial charge in [-0.1, -0.05) is 6.07 Å². The second-order valence-corrected chi connectivity index (χ2v) is 8.39. The van der Waals surface area contributed by atoms with Crippen LogP contribution in [0.5, 0.6) is 0 Å². The molecule has 2 aromatic rings. The van der Waals surface area contributed by atoms with Gasteiger partial charge in [0.05, 0.1) is 11.5 Å². The lowest BCUT2D eigenvalue weighted by atomic mass is 10.2. The Morgan fingerprint density at radius 1 is 1.40 bits per heavy atom. The Hall–Kier alpha value is -2.42. The number of hydrogen-bond donors (Lipinski definition) is 0. The number of aromatic nitrogens is 2. The van der Waals surface area contributed by atoms with E-state index in [2.05, 4.69) is 4.98 Å². The van der Waals surface area contributed by atoms with Crippen molar-refractivity contribution in [1.29, 1.82) is 0 Å². The van der Waals surface area contributed by atoms with Crippen molar-refractivity contribution in [3.63, 3.8) is 0 Å². The maximum absolute atomic E-state index is 12.1. The van der Waals surface area contributed by atoms with Gasteiger partial charge < -0.3 is 14.0 Å². The number of sulfone groups is 1. The summed E-state index contributed by atoms with van der Waals surface area (Å²) in [6.07, 6.45) is 1.97. The van der Waals surface area contributed by atoms with Crippen LogP contribution in [0.1, 0.15) is 22.6 Å². The molecule has 0 aliphatic carbocycles. The molecule has 1 atom stereocenters. The average molecular weight is 365 g/mol. The molecule has 1 aliphatic heterocycles. The highest BCUT2D eigenvalue weighted by molar-refractivity contribution is 7.91. The molecular formula is C16H19N3O5S. The Labute approximate surface area is 145 Å². The quantitative estimate of drug-likeness (QED) is 0.730. The number of likely N-dealkylation sites (N-methyl/N-ethyl adjacent to an activating group) is 1. The molecule has 25 heavy (non-hydrogen) atoms. The van der Waals surface area contributed by atoms with Crippen molar-refractivity contribution in [3.05, 3.63) is 35.8 Å². The second-order valence-electron chi connectivity index (χ2n) is 6.16. The molecule has 3 rings (SSSR count). The van der Waals surface area contributed by atoms with E-state index in [0.717, 1.165) is 5.69 Å². The minimum absolute atomic E-state index is 0.0467. The predicted molar refractivity (Wildman–Crippen MR) is 90.0 cm³/mol. The summed E-state index contributed by atoms with van der Waals surface area (Å²) in [6.45, 7) is 1.44. The van der Waals surface area contributed by atoms with E-state index in [4.69, 9.17) is 4.74 Å². The SMILES string of the molecule is Cc1cccc2nc(C(=O)OCC(=O)N(C)C3CCS(=O)(=O)C3)cn12. The van der Waals surface area contributed by atoms with E-state index in [1.807, 2.05) is 19.1 Å². The lowest BCUT2D eigenvalue weighted by Gasteiger charge is -2.22. The first-order chi connectivity index (χ1) is 11.8. The van der Waals surface area contributed by atoms with Gasteiger partial charge in [0, 0.05) is 25.0 Å². The van der Waals surface area contributed by atoms with Gasteiger partial charge in [0.25, 0.3) is 5.91 Å². The number of carbonyl (C=O) groups excluding carboxylic acids is 2. The van der Waals surface area contributed by atoms with Gasteiger partial charge in [-0.05, 0) is 25.5 Å². The molecule has 0 spiro atoms. The number of carbonyl (C=O) groups is 2. The Balaban J connectivity index is 1.61. The summed E-state index contributed by atoms with van der Waals surface area (Å²) in [5.41, 5.74) is 1.65. The number of nitrogens with zero attached hydrogens (tertiary/aromatic N) is 3. The number of esters is 1. The molecule has 9 heteroatoms. The van der Waals surface area contributed by atoms with Crippen LogP contribution in [0.4, 0.5) is 0 Å². The topological polar surface area (TPSA) is 98.0 Å². The first kappa shape index (κ1) is 17.4. The maximum atomic E-state index is 12.1. The van der Waals surface area contributed by atoms with Crippen LogP contribution in [0.15, 0.2) is 24.4 Å². The fourth-order valence-electron chi connectivity index (χ4n) is 2.83. The molecule has 2 aromatic heterocycles. The van der Waals surface area contributed by atoms with Crippen LogP contribution in [0, 0.1) is 6.92 Å². The summed E-state index contributed by atoms with van der Waals surface area (Å²) in [5, 5.41) is 0. The van der Waals surface area contributed by atoms with Crippen LogP contribution in [-0.2, 0) is 19.4 Å². The van der Waals surface area contributed by atoms with E-state index in [1.54, 1.807) is 16.7 Å². The summed E-state index contributed by atoms with van der Waals surface area (Å²) in [7, 11) is -1.56. The summed E-state index contributed by atoms with van der Waals surface area (Å²) in [6, 6.07) is 5.12. The summed E-state index contributed by atoms with van der Waals surface area (Å²) in [4.78, 5) is 29.8. The van der Waals surface area contributed by atoms with Crippen LogP contribution in [0.2, 0.25) is 0 Å². The second kappa shape index (κ2) is 6.47. The highest BCUT2D eigenvalue weighted by Crippen LogP contribution is 2.16. The van der Waals surface area contributed by atoms with Gasteiger partial charge >= 0.3 is 5.97 Å². The fraction of sp³-hybridized carbons (Fsp3) is 0.438. The zero-order valence-electron chi connectivity index (χ0n) is 14.0. The molecule has 0 saturated carbocycles. The number of fused-ring (bicyclic) bond motifs is 1. The molecule has 1 saturated heterocycles. The molecule has 8 nitrogen and oxygen atoms in total. The molecule has 1 aliphatic rings. The normalized spacial score (nSPS) is 19.0. The number of hydrogen-bond acceptors (Lipinski definition) is 6. The number of amides is 1. The Bertz CT molecular complexity index is 934. The third-order valence-corrected chi connectivity index (χ3v) is 6.13. The fourth-order valence-corrected chi connectivity index (χ4v) is 4.61. The summed E-state index contributed by atoms with van der Waals surface area (Å²) in [5.74, 6) is -1.09. The average Bonchev–Trinajstić information content (AvgIpc) is 3.15. The van der Waals surface area contributed by atoms with Crippen LogP contribution >= 0.6 is 0 Å². The molecule has 0 radical (unpaired) electrons. The van der Waals surface area contributed by atoms with E-state index in [-0.39, 0.29) is 23.2 Å². The van der Waals surface area contributed by atoms with E-state index in [1.165, 1.54) is 11.9 Å². The molecule has 1 fully saturated rings. The maximum Gasteiger partial charge on any atom is 0.359 e. The Morgan fingerprint density at radius 3 is 2.80 bits per heavy atom. The molecule has 0 N–H and O–H groups in total. The number of rotatable bonds is 4. The van der Waals surface area contributed by atoms with Crippen molar-refractivity contribution in [2.24, 2.45) is 0 Å². The van der Waals surface area contributed by atoms with Gasteiger partial charge in [-0.3, -0.25) is 4.79 Å². The zero-order chi connectivity index (χ0) is 18.2. The molecule has 1 amide bonds. The summed E-state index contributed by atoms with van der Waals surface area (Å²) >= 11 is 0. The van der Waals surface area contributed by atoms with Crippen LogP contribution in [0.25, 0.3) is 5.65 Å². The zero-order valence-corrected chi connectivity index (χ0v) is 14.8. The molecule has 0 aromatic carbocycles. The smallest absolute Gasteiger partial charge is 0.359 e. The highest BCUT2D eigenvalue weighted by Gasteiger charge is 2.33. The monoisotopic (exact) mass is 365 g/mol. The van der Waals surface area contributed by atoms with Gasteiger partial charge in [0.15, 0.2) is 22.1 Å². The van der Waals surface area contributed by atoms with Crippen LogP contribution in [0.3, 0.4) is 0 Å². The van der Waals surface area contributed by atoms with Gasteiger partial charge in [-0.25, -0.2) is 18.2 Å². The Kier molecular flexibility index (Phi) is 4.51. The first-order valence-electron chi connectivity index (χ1n) is 7.85. The Morgan fingerprint density at radius 2 is 2.16 bits per heavy atom. The number of imidazole rings is 1. The first-order valence-corrected chi connectivity index (χ1v) is 9.67. The number of ether oxygens (including phenoxy) is 1. The standard InChI is InChI=1S/C16H19N3O5S/c1-11-4-3-5-14-17-13(8-19(11)14)16(21)24-9-15(20)18(2)12-6-7-25(22,23)10-12/h3-5,8,12H,6-7,9-10H2,1-2H3. The minimum Gasteiger partial charge on any atom is -0.451 e. The van der Waals surface area contributed by atoms with Crippen molar-refractivity contribution in [2.75, 3.05) is 25.2 Å².